The highest BCUT2D eigenvalue weighted by Crippen LogP contribution is 2.42. The number of benzene rings is 1. The number of aryl methyl sites for hydroxylation is 1. The first-order valence-corrected chi connectivity index (χ1v) is 7.11. The molecule has 3 heteroatoms. The largest absolute Gasteiger partial charge is 0.480 e. The molecule has 1 aliphatic heterocycles. The van der Waals surface area contributed by atoms with Gasteiger partial charge < -0.3 is 10.0 Å². The average molecular weight is 273 g/mol. The van der Waals surface area contributed by atoms with E-state index in [0.29, 0.717) is 6.42 Å². The fraction of sp³-hybridized carbons (Fsp3) is 0.471. The Morgan fingerprint density at radius 2 is 2.00 bits per heavy atom. The van der Waals surface area contributed by atoms with Crippen LogP contribution >= 0.6 is 0 Å². The second kappa shape index (κ2) is 4.97. The molecule has 0 unspecified atom stereocenters. The van der Waals surface area contributed by atoms with Crippen LogP contribution in [0.1, 0.15) is 45.2 Å². The summed E-state index contributed by atoms with van der Waals surface area (Å²) in [6.45, 7) is 10.2. The van der Waals surface area contributed by atoms with Gasteiger partial charge in [-0.2, -0.15) is 0 Å². The summed E-state index contributed by atoms with van der Waals surface area (Å²) < 4.78 is 0. The molecular weight excluding hydrogens is 250 g/mol. The number of para-hydroxylation sites is 1. The minimum atomic E-state index is -0.761. The van der Waals surface area contributed by atoms with Crippen LogP contribution < -0.4 is 4.90 Å². The normalized spacial score (nSPS) is 18.2. The van der Waals surface area contributed by atoms with Gasteiger partial charge in [-0.15, -0.1) is 0 Å². The quantitative estimate of drug-likeness (QED) is 0.909. The van der Waals surface area contributed by atoms with Crippen molar-refractivity contribution >= 4 is 17.2 Å². The molecule has 0 aliphatic carbocycles. The Labute approximate surface area is 120 Å². The molecule has 1 aromatic rings. The monoisotopic (exact) mass is 273 g/mol. The van der Waals surface area contributed by atoms with Crippen molar-refractivity contribution in [1.82, 2.24) is 0 Å². The first kappa shape index (κ1) is 14.6. The summed E-state index contributed by atoms with van der Waals surface area (Å²) >= 11 is 0. The van der Waals surface area contributed by atoms with Crippen molar-refractivity contribution in [3.63, 3.8) is 0 Å². The lowest BCUT2D eigenvalue weighted by molar-refractivity contribution is -0.139. The Morgan fingerprint density at radius 1 is 1.35 bits per heavy atom. The van der Waals surface area contributed by atoms with Crippen molar-refractivity contribution < 1.29 is 9.90 Å². The number of hydrogen-bond acceptors (Lipinski definition) is 2. The van der Waals surface area contributed by atoms with Gasteiger partial charge >= 0.3 is 5.97 Å². The highest BCUT2D eigenvalue weighted by atomic mass is 16.4. The summed E-state index contributed by atoms with van der Waals surface area (Å²) in [7, 11) is 0. The molecule has 2 rings (SSSR count). The molecule has 0 saturated heterocycles. The van der Waals surface area contributed by atoms with Crippen LogP contribution in [-0.2, 0) is 4.79 Å². The maximum absolute atomic E-state index is 11.7. The van der Waals surface area contributed by atoms with Gasteiger partial charge in [0.25, 0.3) is 0 Å². The number of carboxylic acids is 1. The smallest absolute Gasteiger partial charge is 0.326 e. The zero-order chi connectivity index (χ0) is 15.1. The van der Waals surface area contributed by atoms with Gasteiger partial charge in [-0.3, -0.25) is 0 Å². The number of allylic oxidation sites excluding steroid dienone is 1. The topological polar surface area (TPSA) is 40.5 Å². The minimum absolute atomic E-state index is 0.303. The van der Waals surface area contributed by atoms with E-state index in [1.807, 2.05) is 13.0 Å². The van der Waals surface area contributed by atoms with Crippen LogP contribution in [0.15, 0.2) is 24.3 Å². The number of carbonyl (C=O) groups is 1. The lowest BCUT2D eigenvalue weighted by atomic mass is 9.85. The van der Waals surface area contributed by atoms with Gasteiger partial charge in [-0.25, -0.2) is 4.79 Å². The minimum Gasteiger partial charge on any atom is -0.480 e. The van der Waals surface area contributed by atoms with E-state index in [-0.39, 0.29) is 5.54 Å². The Kier molecular flexibility index (Phi) is 3.63. The average Bonchev–Trinajstić information content (AvgIpc) is 2.33. The van der Waals surface area contributed by atoms with Crippen LogP contribution in [0.3, 0.4) is 0 Å². The van der Waals surface area contributed by atoms with Gasteiger partial charge in [0.1, 0.15) is 6.04 Å². The molecule has 0 saturated carbocycles. The van der Waals surface area contributed by atoms with Gasteiger partial charge in [0.15, 0.2) is 0 Å². The van der Waals surface area contributed by atoms with Crippen LogP contribution in [0.2, 0.25) is 0 Å². The maximum atomic E-state index is 11.7. The molecule has 0 fully saturated rings. The van der Waals surface area contributed by atoms with Crippen LogP contribution in [0.4, 0.5) is 5.69 Å². The maximum Gasteiger partial charge on any atom is 0.326 e. The number of aliphatic carboxylic acids is 1. The summed E-state index contributed by atoms with van der Waals surface area (Å²) in [5.74, 6) is -0.761. The number of fused-ring (bicyclic) bond motifs is 1. The Bertz CT molecular complexity index is 572. The van der Waals surface area contributed by atoms with Crippen molar-refractivity contribution in [3.05, 3.63) is 35.4 Å². The first-order chi connectivity index (χ1) is 9.29. The molecule has 1 heterocycles. The molecule has 1 aliphatic rings. The molecular formula is C17H23NO2. The number of anilines is 1. The van der Waals surface area contributed by atoms with E-state index in [2.05, 4.69) is 50.8 Å². The number of carboxylic acid groups (broad SMARTS) is 1. The van der Waals surface area contributed by atoms with Crippen LogP contribution in [0.5, 0.6) is 0 Å². The molecule has 108 valence electrons. The van der Waals surface area contributed by atoms with Crippen molar-refractivity contribution in [2.24, 2.45) is 0 Å². The molecule has 1 aromatic carbocycles. The van der Waals surface area contributed by atoms with E-state index in [1.54, 1.807) is 0 Å². The highest BCUT2D eigenvalue weighted by molar-refractivity contribution is 5.88. The molecule has 0 aromatic heterocycles. The standard InChI is InChI=1S/C17H23NO2/c1-6-14(16(19)20)18-15-11(2)8-7-9-13(15)12(3)10-17(18,4)5/h7-10,14H,6H2,1-5H3,(H,19,20)/t14-/m1/s1. The molecule has 0 amide bonds. The van der Waals surface area contributed by atoms with Gasteiger partial charge in [0.2, 0.25) is 0 Å². The number of rotatable bonds is 3. The first-order valence-electron chi connectivity index (χ1n) is 7.11. The van der Waals surface area contributed by atoms with Crippen molar-refractivity contribution in [1.29, 1.82) is 0 Å². The van der Waals surface area contributed by atoms with Gasteiger partial charge in [-0.05, 0) is 45.3 Å². The Hall–Kier alpha value is -1.77. The zero-order valence-corrected chi connectivity index (χ0v) is 12.9. The molecule has 20 heavy (non-hydrogen) atoms. The molecule has 0 bridgehead atoms. The molecule has 3 nitrogen and oxygen atoms in total. The Morgan fingerprint density at radius 3 is 2.55 bits per heavy atom. The molecule has 1 atom stereocenters. The third-order valence-electron chi connectivity index (χ3n) is 4.08. The van der Waals surface area contributed by atoms with Gasteiger partial charge in [-0.1, -0.05) is 31.2 Å². The fourth-order valence-corrected chi connectivity index (χ4v) is 3.29. The SMILES string of the molecule is CC[C@H](C(=O)O)N1c2c(C)cccc2C(C)=CC1(C)C. The molecule has 0 spiro atoms. The third-order valence-corrected chi connectivity index (χ3v) is 4.08. The second-order valence-electron chi connectivity index (χ2n) is 6.08. The molecule has 1 N–H and O–H groups in total. The van der Waals surface area contributed by atoms with E-state index >= 15 is 0 Å². The van der Waals surface area contributed by atoms with Crippen molar-refractivity contribution in [3.8, 4) is 0 Å². The van der Waals surface area contributed by atoms with Gasteiger partial charge in [0.05, 0.1) is 5.54 Å². The predicted molar refractivity (Wildman–Crippen MR) is 83.1 cm³/mol. The number of nitrogens with zero attached hydrogens (tertiary/aromatic N) is 1. The van der Waals surface area contributed by atoms with Crippen LogP contribution in [0.25, 0.3) is 5.57 Å². The van der Waals surface area contributed by atoms with Crippen LogP contribution in [-0.4, -0.2) is 22.7 Å². The lowest BCUT2D eigenvalue weighted by Gasteiger charge is -2.47. The summed E-state index contributed by atoms with van der Waals surface area (Å²) in [6, 6.07) is 5.65. The third kappa shape index (κ3) is 2.21. The highest BCUT2D eigenvalue weighted by Gasteiger charge is 2.39. The van der Waals surface area contributed by atoms with E-state index < -0.39 is 12.0 Å². The van der Waals surface area contributed by atoms with E-state index in [1.165, 1.54) is 5.57 Å². The zero-order valence-electron chi connectivity index (χ0n) is 12.9. The lowest BCUT2D eigenvalue weighted by Crippen LogP contribution is -2.54. The molecule has 0 radical (unpaired) electrons. The Balaban J connectivity index is 2.70. The summed E-state index contributed by atoms with van der Waals surface area (Å²) in [5.41, 5.74) is 4.24. The van der Waals surface area contributed by atoms with Gasteiger partial charge in [0, 0.05) is 11.3 Å². The number of hydrogen-bond donors (Lipinski definition) is 1. The second-order valence-corrected chi connectivity index (χ2v) is 6.08. The van der Waals surface area contributed by atoms with Crippen LogP contribution in [0, 0.1) is 6.92 Å². The van der Waals surface area contributed by atoms with E-state index in [9.17, 15) is 9.90 Å². The summed E-state index contributed by atoms with van der Waals surface area (Å²) in [5, 5.41) is 9.58. The van der Waals surface area contributed by atoms with Crippen molar-refractivity contribution in [2.75, 3.05) is 4.90 Å². The fourth-order valence-electron chi connectivity index (χ4n) is 3.29. The summed E-state index contributed by atoms with van der Waals surface area (Å²) in [6.07, 6.45) is 2.75. The predicted octanol–water partition coefficient (Wildman–Crippen LogP) is 3.86. The van der Waals surface area contributed by atoms with E-state index in [0.717, 1.165) is 16.8 Å². The summed E-state index contributed by atoms with van der Waals surface area (Å²) in [4.78, 5) is 13.7. The van der Waals surface area contributed by atoms with Crippen molar-refractivity contribution in [2.45, 2.75) is 52.6 Å². The van der Waals surface area contributed by atoms with E-state index in [4.69, 9.17) is 0 Å².